The van der Waals surface area contributed by atoms with Crippen LogP contribution in [-0.2, 0) is 17.3 Å². The summed E-state index contributed by atoms with van der Waals surface area (Å²) in [4.78, 5) is 4.25. The molecule has 24 heavy (non-hydrogen) atoms. The van der Waals surface area contributed by atoms with Crippen molar-refractivity contribution in [2.75, 3.05) is 13.6 Å². The van der Waals surface area contributed by atoms with Gasteiger partial charge in [-0.1, -0.05) is 23.7 Å². The average molecular weight is 368 g/mol. The van der Waals surface area contributed by atoms with Gasteiger partial charge in [0.15, 0.2) is 0 Å². The molecule has 0 bridgehead atoms. The topological polar surface area (TPSA) is 91.0 Å². The maximum Gasteiger partial charge on any atom is 0.280 e. The molecule has 1 heterocycles. The second kappa shape index (κ2) is 7.77. The Morgan fingerprint density at radius 2 is 2.08 bits per heavy atom. The maximum atomic E-state index is 12.5. The van der Waals surface area contributed by atoms with E-state index in [9.17, 15) is 8.42 Å². The lowest BCUT2D eigenvalue weighted by Gasteiger charge is -2.23. The van der Waals surface area contributed by atoms with Crippen molar-refractivity contribution < 1.29 is 8.42 Å². The number of hydrogen-bond donors (Lipinski definition) is 1. The molecule has 0 aliphatic carbocycles. The molecular formula is C15H18ClN5O2S. The van der Waals surface area contributed by atoms with Gasteiger partial charge in [-0.3, -0.25) is 0 Å². The van der Waals surface area contributed by atoms with Crippen molar-refractivity contribution in [1.82, 2.24) is 18.6 Å². The summed E-state index contributed by atoms with van der Waals surface area (Å²) in [5.41, 5.74) is 0.714. The predicted molar refractivity (Wildman–Crippen MR) is 91.4 cm³/mol. The van der Waals surface area contributed by atoms with Crippen molar-refractivity contribution in [2.24, 2.45) is 7.05 Å². The Morgan fingerprint density at radius 3 is 2.62 bits per heavy atom. The molecule has 0 spiro atoms. The molecule has 1 aromatic carbocycles. The van der Waals surface area contributed by atoms with Gasteiger partial charge in [-0.2, -0.15) is 22.7 Å². The third-order valence-corrected chi connectivity index (χ3v) is 5.32. The van der Waals surface area contributed by atoms with Gasteiger partial charge in [0.05, 0.1) is 6.07 Å². The third-order valence-electron chi connectivity index (χ3n) is 3.54. The lowest BCUT2D eigenvalue weighted by atomic mass is 10.1. The summed E-state index contributed by atoms with van der Waals surface area (Å²) >= 11 is 5.91. The summed E-state index contributed by atoms with van der Waals surface area (Å²) in [5, 5.41) is 9.20. The summed E-state index contributed by atoms with van der Waals surface area (Å²) in [5.74, 6) is 0.551. The van der Waals surface area contributed by atoms with Gasteiger partial charge in [0.25, 0.3) is 10.2 Å². The van der Waals surface area contributed by atoms with Crippen molar-refractivity contribution in [3.05, 3.63) is 53.1 Å². The zero-order valence-corrected chi connectivity index (χ0v) is 14.9. The predicted octanol–water partition coefficient (Wildman–Crippen LogP) is 1.84. The van der Waals surface area contributed by atoms with Crippen LogP contribution in [0.1, 0.15) is 23.9 Å². The number of imidazole rings is 1. The van der Waals surface area contributed by atoms with E-state index in [0.717, 1.165) is 4.31 Å². The Bertz CT molecular complexity index is 826. The molecule has 0 amide bonds. The van der Waals surface area contributed by atoms with Crippen LogP contribution in [0, 0.1) is 11.3 Å². The molecule has 9 heteroatoms. The molecule has 128 valence electrons. The molecule has 7 nitrogen and oxygen atoms in total. The van der Waals surface area contributed by atoms with Gasteiger partial charge in [0.1, 0.15) is 11.9 Å². The van der Waals surface area contributed by atoms with Crippen LogP contribution in [0.4, 0.5) is 0 Å². The summed E-state index contributed by atoms with van der Waals surface area (Å²) < 4.78 is 30.6. The number of benzene rings is 1. The van der Waals surface area contributed by atoms with Crippen molar-refractivity contribution in [3.63, 3.8) is 0 Å². The number of nitriles is 1. The smallest absolute Gasteiger partial charge is 0.280 e. The minimum Gasteiger partial charge on any atom is -0.336 e. The number of aryl methyl sites for hydroxylation is 1. The van der Waals surface area contributed by atoms with Crippen molar-refractivity contribution in [1.29, 1.82) is 5.26 Å². The lowest BCUT2D eigenvalue weighted by molar-refractivity contribution is 0.456. The molecule has 1 atom stereocenters. The van der Waals surface area contributed by atoms with Gasteiger partial charge < -0.3 is 4.57 Å². The van der Waals surface area contributed by atoms with E-state index in [1.165, 1.54) is 7.05 Å². The summed E-state index contributed by atoms with van der Waals surface area (Å²) in [6, 6.07) is 8.15. The van der Waals surface area contributed by atoms with Gasteiger partial charge >= 0.3 is 0 Å². The van der Waals surface area contributed by atoms with E-state index in [1.54, 1.807) is 48.3 Å². The molecule has 2 aromatic rings. The van der Waals surface area contributed by atoms with Gasteiger partial charge in [0, 0.05) is 44.5 Å². The second-order valence-corrected chi connectivity index (χ2v) is 7.48. The summed E-state index contributed by atoms with van der Waals surface area (Å²) in [7, 11) is -0.569. The number of nitrogens with one attached hydrogen (secondary N) is 1. The zero-order chi connectivity index (χ0) is 17.7. The first kappa shape index (κ1) is 18.4. The minimum absolute atomic E-state index is 0.111. The van der Waals surface area contributed by atoms with Gasteiger partial charge in [-0.05, 0) is 17.7 Å². The maximum absolute atomic E-state index is 12.5. The van der Waals surface area contributed by atoms with E-state index in [4.69, 9.17) is 16.9 Å². The first-order chi connectivity index (χ1) is 11.3. The molecule has 0 saturated heterocycles. The van der Waals surface area contributed by atoms with Gasteiger partial charge in [-0.15, -0.1) is 0 Å². The first-order valence-corrected chi connectivity index (χ1v) is 9.00. The number of aromatic nitrogens is 2. The SMILES string of the molecule is CN(CCC#N)S(=O)(=O)NC(c1ccc(Cl)cc1)c1nccn1C. The fourth-order valence-electron chi connectivity index (χ4n) is 2.15. The number of hydrogen-bond acceptors (Lipinski definition) is 4. The van der Waals surface area contributed by atoms with E-state index < -0.39 is 16.3 Å². The van der Waals surface area contributed by atoms with Crippen LogP contribution in [0.15, 0.2) is 36.7 Å². The highest BCUT2D eigenvalue weighted by atomic mass is 35.5. The highest BCUT2D eigenvalue weighted by Gasteiger charge is 2.27. The van der Waals surface area contributed by atoms with Crippen molar-refractivity contribution in [3.8, 4) is 6.07 Å². The largest absolute Gasteiger partial charge is 0.336 e. The molecule has 0 fully saturated rings. The third kappa shape index (κ3) is 4.33. The number of nitrogens with zero attached hydrogens (tertiary/aromatic N) is 4. The normalized spacial score (nSPS) is 13.0. The monoisotopic (exact) mass is 367 g/mol. The van der Waals surface area contributed by atoms with Crippen LogP contribution in [0.2, 0.25) is 5.02 Å². The number of halogens is 1. The highest BCUT2D eigenvalue weighted by molar-refractivity contribution is 7.87. The number of rotatable bonds is 7. The molecule has 2 rings (SSSR count). The van der Waals surface area contributed by atoms with Crippen LogP contribution in [-0.4, -0.2) is 35.9 Å². The standard InChI is InChI=1S/C15H18ClN5O2S/c1-20-11-9-18-15(20)14(12-4-6-13(16)7-5-12)19-24(22,23)21(2)10-3-8-17/h4-7,9,11,14,19H,3,10H2,1-2H3. The van der Waals surface area contributed by atoms with Crippen molar-refractivity contribution in [2.45, 2.75) is 12.5 Å². The van der Waals surface area contributed by atoms with E-state index in [1.807, 2.05) is 6.07 Å². The van der Waals surface area contributed by atoms with Crippen LogP contribution in [0.3, 0.4) is 0 Å². The van der Waals surface area contributed by atoms with Crippen molar-refractivity contribution >= 4 is 21.8 Å². The van der Waals surface area contributed by atoms with E-state index in [-0.39, 0.29) is 13.0 Å². The van der Waals surface area contributed by atoms with Crippen LogP contribution in [0.5, 0.6) is 0 Å². The molecule has 0 aliphatic heterocycles. The Hall–Kier alpha value is -1.92. The molecule has 0 saturated carbocycles. The quantitative estimate of drug-likeness (QED) is 0.808. The Morgan fingerprint density at radius 1 is 1.42 bits per heavy atom. The molecule has 1 unspecified atom stereocenters. The van der Waals surface area contributed by atoms with Crippen LogP contribution < -0.4 is 4.72 Å². The highest BCUT2D eigenvalue weighted by Crippen LogP contribution is 2.23. The molecule has 0 aliphatic rings. The van der Waals surface area contributed by atoms with E-state index >= 15 is 0 Å². The summed E-state index contributed by atoms with van der Waals surface area (Å²) in [6.45, 7) is 0.111. The molecular weight excluding hydrogens is 350 g/mol. The Balaban J connectivity index is 2.35. The summed E-state index contributed by atoms with van der Waals surface area (Å²) in [6.07, 6.45) is 3.46. The second-order valence-electron chi connectivity index (χ2n) is 5.23. The molecule has 0 radical (unpaired) electrons. The average Bonchev–Trinajstić information content (AvgIpc) is 2.97. The first-order valence-electron chi connectivity index (χ1n) is 7.18. The lowest BCUT2D eigenvalue weighted by Crippen LogP contribution is -2.41. The Kier molecular flexibility index (Phi) is 5.96. The van der Waals surface area contributed by atoms with Gasteiger partial charge in [-0.25, -0.2) is 4.98 Å². The fraction of sp³-hybridized carbons (Fsp3) is 0.333. The minimum atomic E-state index is -3.79. The van der Waals surface area contributed by atoms with E-state index in [2.05, 4.69) is 9.71 Å². The molecule has 1 aromatic heterocycles. The zero-order valence-electron chi connectivity index (χ0n) is 13.3. The van der Waals surface area contributed by atoms with Gasteiger partial charge in [0.2, 0.25) is 0 Å². The molecule has 1 N–H and O–H groups in total. The fourth-order valence-corrected chi connectivity index (χ4v) is 3.32. The van der Waals surface area contributed by atoms with E-state index in [0.29, 0.717) is 16.4 Å². The Labute approximate surface area is 146 Å². The van der Waals surface area contributed by atoms with Crippen LogP contribution >= 0.6 is 11.6 Å². The van der Waals surface area contributed by atoms with Crippen LogP contribution in [0.25, 0.3) is 0 Å².